The van der Waals surface area contributed by atoms with Crippen LogP contribution in [-0.2, 0) is 28.5 Å². The van der Waals surface area contributed by atoms with Gasteiger partial charge in [-0.05, 0) is 11.6 Å². The molecule has 0 saturated carbocycles. The van der Waals surface area contributed by atoms with Gasteiger partial charge in [0.1, 0.15) is 17.7 Å². The molecule has 1 aromatic heterocycles. The van der Waals surface area contributed by atoms with E-state index < -0.39 is 24.1 Å². The molecule has 1 aliphatic heterocycles. The number of aromatic nitrogens is 2. The topological polar surface area (TPSA) is 96.8 Å². The molecule has 10 heteroatoms. The average molecular weight is 349 g/mol. The van der Waals surface area contributed by atoms with Crippen molar-refractivity contribution >= 4 is 35.1 Å². The first-order valence-electron chi connectivity index (χ1n) is 5.84. The van der Waals surface area contributed by atoms with Crippen molar-refractivity contribution in [1.82, 2.24) is 9.97 Å². The van der Waals surface area contributed by atoms with E-state index in [-0.39, 0.29) is 21.7 Å². The summed E-state index contributed by atoms with van der Waals surface area (Å²) in [5.41, 5.74) is -0.0331. The Morgan fingerprint density at radius 1 is 1.14 bits per heavy atom. The number of rotatable bonds is 4. The van der Waals surface area contributed by atoms with E-state index in [2.05, 4.69) is 19.4 Å². The van der Waals surface area contributed by atoms with Crippen molar-refractivity contribution in [2.75, 3.05) is 14.2 Å². The number of methoxy groups -OCH3 is 2. The molecule has 0 radical (unpaired) electrons. The van der Waals surface area contributed by atoms with Crippen LogP contribution >= 0.6 is 23.2 Å². The monoisotopic (exact) mass is 348 g/mol. The van der Waals surface area contributed by atoms with Crippen molar-refractivity contribution in [3.63, 3.8) is 0 Å². The van der Waals surface area contributed by atoms with Crippen molar-refractivity contribution in [3.8, 4) is 0 Å². The van der Waals surface area contributed by atoms with E-state index >= 15 is 0 Å². The van der Waals surface area contributed by atoms with Crippen LogP contribution in [0.4, 0.5) is 0 Å². The summed E-state index contributed by atoms with van der Waals surface area (Å²) in [6, 6.07) is 0. The van der Waals surface area contributed by atoms with Gasteiger partial charge in [-0.15, -0.1) is 0 Å². The van der Waals surface area contributed by atoms with E-state index in [1.807, 2.05) is 0 Å². The van der Waals surface area contributed by atoms with Gasteiger partial charge in [0.05, 0.1) is 25.5 Å². The fourth-order valence-corrected chi connectivity index (χ4v) is 2.28. The molecule has 1 aromatic rings. The fourth-order valence-electron chi connectivity index (χ4n) is 1.80. The zero-order chi connectivity index (χ0) is 16.3. The number of carbonyl (C=O) groups excluding carboxylic acids is 2. The highest BCUT2D eigenvalue weighted by Crippen LogP contribution is 2.35. The van der Waals surface area contributed by atoms with Crippen molar-refractivity contribution in [3.05, 3.63) is 34.2 Å². The molecular formula is C12H10Cl2N2O6. The van der Waals surface area contributed by atoms with Crippen LogP contribution in [0.1, 0.15) is 23.5 Å². The van der Waals surface area contributed by atoms with Gasteiger partial charge in [-0.1, -0.05) is 11.6 Å². The predicted octanol–water partition coefficient (Wildman–Crippen LogP) is 1.73. The standard InChI is InChI=1S/C12H10Cl2N2O6/c1-19-9(17)6(10(18)20-2)7-5(11-21-3-4-22-11)8(13)16-12(14)15-7/h3-4,6,11H,1-2H3. The van der Waals surface area contributed by atoms with Crippen LogP contribution in [0.5, 0.6) is 0 Å². The Bertz CT molecular complexity index is 612. The maximum atomic E-state index is 11.9. The maximum Gasteiger partial charge on any atom is 0.326 e. The van der Waals surface area contributed by atoms with Gasteiger partial charge in [0.2, 0.25) is 5.28 Å². The van der Waals surface area contributed by atoms with E-state index in [4.69, 9.17) is 32.7 Å². The van der Waals surface area contributed by atoms with Crippen LogP contribution in [0.2, 0.25) is 10.4 Å². The Kier molecular flexibility index (Phi) is 5.04. The zero-order valence-corrected chi connectivity index (χ0v) is 12.9. The third kappa shape index (κ3) is 3.07. The first kappa shape index (κ1) is 16.3. The molecule has 22 heavy (non-hydrogen) atoms. The first-order chi connectivity index (χ1) is 10.5. The Labute approximate surface area is 134 Å². The van der Waals surface area contributed by atoms with Crippen molar-refractivity contribution in [2.45, 2.75) is 12.2 Å². The van der Waals surface area contributed by atoms with Crippen LogP contribution in [0.3, 0.4) is 0 Å². The van der Waals surface area contributed by atoms with E-state index in [1.165, 1.54) is 12.5 Å². The van der Waals surface area contributed by atoms with Crippen LogP contribution in [-0.4, -0.2) is 36.1 Å². The number of hydrogen-bond donors (Lipinski definition) is 0. The molecule has 118 valence electrons. The van der Waals surface area contributed by atoms with Crippen LogP contribution in [0, 0.1) is 0 Å². The van der Waals surface area contributed by atoms with Gasteiger partial charge in [0.15, 0.2) is 5.92 Å². The molecule has 0 amide bonds. The van der Waals surface area contributed by atoms with Gasteiger partial charge in [-0.25, -0.2) is 9.97 Å². The minimum absolute atomic E-state index is 0.0804. The van der Waals surface area contributed by atoms with E-state index in [0.29, 0.717) is 0 Å². The van der Waals surface area contributed by atoms with Gasteiger partial charge < -0.3 is 18.9 Å². The van der Waals surface area contributed by atoms with Gasteiger partial charge in [-0.2, -0.15) is 0 Å². The molecule has 1 aliphatic rings. The molecule has 0 aliphatic carbocycles. The fraction of sp³-hybridized carbons (Fsp3) is 0.333. The second kappa shape index (κ2) is 6.80. The van der Waals surface area contributed by atoms with Gasteiger partial charge in [-0.3, -0.25) is 9.59 Å². The van der Waals surface area contributed by atoms with E-state index in [0.717, 1.165) is 14.2 Å². The average Bonchev–Trinajstić information content (AvgIpc) is 3.00. The predicted molar refractivity (Wildman–Crippen MR) is 72.9 cm³/mol. The molecular weight excluding hydrogens is 339 g/mol. The summed E-state index contributed by atoms with van der Waals surface area (Å²) < 4.78 is 19.5. The molecule has 0 unspecified atom stereocenters. The van der Waals surface area contributed by atoms with Gasteiger partial charge in [0, 0.05) is 0 Å². The lowest BCUT2D eigenvalue weighted by Gasteiger charge is -2.19. The summed E-state index contributed by atoms with van der Waals surface area (Å²) in [5.74, 6) is -3.30. The summed E-state index contributed by atoms with van der Waals surface area (Å²) in [6.45, 7) is 0. The zero-order valence-electron chi connectivity index (χ0n) is 11.4. The summed E-state index contributed by atoms with van der Waals surface area (Å²) in [7, 11) is 2.24. The Morgan fingerprint density at radius 3 is 2.18 bits per heavy atom. The largest absolute Gasteiger partial charge is 0.468 e. The van der Waals surface area contributed by atoms with Crippen molar-refractivity contribution in [2.24, 2.45) is 0 Å². The highest BCUT2D eigenvalue weighted by molar-refractivity contribution is 6.32. The lowest BCUT2D eigenvalue weighted by atomic mass is 10.0. The van der Waals surface area contributed by atoms with Crippen molar-refractivity contribution in [1.29, 1.82) is 0 Å². The summed E-state index contributed by atoms with van der Waals surface area (Å²) in [5, 5.41) is -0.381. The Morgan fingerprint density at radius 2 is 1.68 bits per heavy atom. The molecule has 2 rings (SSSR count). The summed E-state index contributed by atoms with van der Waals surface area (Å²) in [4.78, 5) is 31.5. The molecule has 0 aromatic carbocycles. The number of halogens is 2. The van der Waals surface area contributed by atoms with Gasteiger partial charge >= 0.3 is 11.9 Å². The highest BCUT2D eigenvalue weighted by atomic mass is 35.5. The number of ether oxygens (including phenoxy) is 4. The molecule has 0 saturated heterocycles. The molecule has 0 fully saturated rings. The quantitative estimate of drug-likeness (QED) is 0.351. The number of esters is 2. The molecule has 0 N–H and O–H groups in total. The van der Waals surface area contributed by atoms with E-state index in [9.17, 15) is 9.59 Å². The second-order valence-corrected chi connectivity index (χ2v) is 4.63. The summed E-state index contributed by atoms with van der Waals surface area (Å²) >= 11 is 11.8. The number of nitrogens with zero attached hydrogens (tertiary/aromatic N) is 2. The first-order valence-corrected chi connectivity index (χ1v) is 6.59. The molecule has 0 bridgehead atoms. The van der Waals surface area contributed by atoms with Gasteiger partial charge in [0.25, 0.3) is 6.29 Å². The molecule has 8 nitrogen and oxygen atoms in total. The van der Waals surface area contributed by atoms with Crippen molar-refractivity contribution < 1.29 is 28.5 Å². The van der Waals surface area contributed by atoms with Crippen LogP contribution in [0.25, 0.3) is 0 Å². The lowest BCUT2D eigenvalue weighted by Crippen LogP contribution is -2.27. The third-order valence-corrected chi connectivity index (χ3v) is 3.20. The minimum atomic E-state index is -1.50. The smallest absolute Gasteiger partial charge is 0.326 e. The minimum Gasteiger partial charge on any atom is -0.468 e. The SMILES string of the molecule is COC(=O)C(C(=O)OC)c1nc(Cl)nc(Cl)c1C1OC=CO1. The lowest BCUT2D eigenvalue weighted by molar-refractivity contribution is -0.154. The number of carbonyl (C=O) groups is 2. The normalized spacial score (nSPS) is 13.7. The highest BCUT2D eigenvalue weighted by Gasteiger charge is 2.39. The van der Waals surface area contributed by atoms with Crippen LogP contribution in [0.15, 0.2) is 12.5 Å². The summed E-state index contributed by atoms with van der Waals surface area (Å²) in [6.07, 6.45) is 1.52. The molecule has 2 heterocycles. The number of hydrogen-bond acceptors (Lipinski definition) is 8. The van der Waals surface area contributed by atoms with E-state index in [1.54, 1.807) is 0 Å². The third-order valence-electron chi connectivity index (χ3n) is 2.74. The Balaban J connectivity index is 2.59. The van der Waals surface area contributed by atoms with Crippen LogP contribution < -0.4 is 0 Å². The molecule has 0 atom stereocenters. The molecule has 0 spiro atoms. The Hall–Kier alpha value is -2.06. The second-order valence-electron chi connectivity index (χ2n) is 3.94. The maximum absolute atomic E-state index is 11.9.